The van der Waals surface area contributed by atoms with Gasteiger partial charge in [0.15, 0.2) is 0 Å². The van der Waals surface area contributed by atoms with Crippen LogP contribution in [0.1, 0.15) is 36.3 Å². The summed E-state index contributed by atoms with van der Waals surface area (Å²) in [6, 6.07) is -1.03. The van der Waals surface area contributed by atoms with E-state index in [1.165, 1.54) is 13.8 Å². The Morgan fingerprint density at radius 2 is 2.09 bits per heavy atom. The lowest BCUT2D eigenvalue weighted by atomic mass is 10.1. The van der Waals surface area contributed by atoms with Gasteiger partial charge in [0.25, 0.3) is 0 Å². The van der Waals surface area contributed by atoms with Crippen molar-refractivity contribution < 1.29 is 23.5 Å². The predicted octanol–water partition coefficient (Wildman–Crippen LogP) is 1.97. The largest absolute Gasteiger partial charge is 0.480 e. The molecule has 1 aromatic heterocycles. The van der Waals surface area contributed by atoms with Crippen LogP contribution in [0, 0.1) is 13.8 Å². The van der Waals surface area contributed by atoms with Crippen LogP contribution < -0.4 is 5.32 Å². The van der Waals surface area contributed by atoms with Gasteiger partial charge < -0.3 is 10.4 Å². The smallest absolute Gasteiger partial charge is 0.333 e. The average Bonchev–Trinajstić information content (AvgIpc) is 2.71. The van der Waals surface area contributed by atoms with Gasteiger partial charge in [-0.2, -0.15) is 13.9 Å². The summed E-state index contributed by atoms with van der Waals surface area (Å²) in [7, 11) is 0. The number of halogens is 2. The topological polar surface area (TPSA) is 84.2 Å². The van der Waals surface area contributed by atoms with Gasteiger partial charge in [-0.1, -0.05) is 6.08 Å². The molecule has 0 aliphatic carbocycles. The van der Waals surface area contributed by atoms with Crippen molar-refractivity contribution in [3.63, 3.8) is 0 Å². The van der Waals surface area contributed by atoms with Crippen molar-refractivity contribution in [1.29, 1.82) is 0 Å². The SMILES string of the molecule is C=CCCC(NC(=O)Cc1c(C)nn(C(F)F)c1C)C(=O)O. The number of hydrogen-bond donors (Lipinski definition) is 2. The van der Waals surface area contributed by atoms with Crippen LogP contribution in [0.5, 0.6) is 0 Å². The lowest BCUT2D eigenvalue weighted by molar-refractivity contribution is -0.141. The molecular weight excluding hydrogens is 296 g/mol. The first-order chi connectivity index (χ1) is 10.3. The number of aliphatic carboxylic acids is 1. The molecule has 1 amide bonds. The monoisotopic (exact) mass is 315 g/mol. The van der Waals surface area contributed by atoms with Crippen LogP contribution in [0.25, 0.3) is 0 Å². The minimum Gasteiger partial charge on any atom is -0.480 e. The summed E-state index contributed by atoms with van der Waals surface area (Å²) in [4.78, 5) is 23.0. The molecule has 1 aromatic rings. The van der Waals surface area contributed by atoms with Crippen molar-refractivity contribution in [2.24, 2.45) is 0 Å². The summed E-state index contributed by atoms with van der Waals surface area (Å²) < 4.78 is 26.0. The number of nitrogens with one attached hydrogen (secondary N) is 1. The fourth-order valence-electron chi connectivity index (χ4n) is 2.09. The molecule has 1 atom stereocenters. The zero-order valence-corrected chi connectivity index (χ0v) is 12.5. The maximum atomic E-state index is 12.7. The highest BCUT2D eigenvalue weighted by Gasteiger charge is 2.22. The van der Waals surface area contributed by atoms with Gasteiger partial charge in [-0.05, 0) is 26.7 Å². The highest BCUT2D eigenvalue weighted by molar-refractivity contribution is 5.85. The van der Waals surface area contributed by atoms with Gasteiger partial charge in [0.05, 0.1) is 12.1 Å². The Morgan fingerprint density at radius 3 is 2.55 bits per heavy atom. The maximum absolute atomic E-state index is 12.7. The fraction of sp³-hybridized carbons (Fsp3) is 0.500. The molecule has 22 heavy (non-hydrogen) atoms. The molecule has 0 bridgehead atoms. The molecule has 0 aliphatic heterocycles. The van der Waals surface area contributed by atoms with Crippen molar-refractivity contribution in [1.82, 2.24) is 15.1 Å². The van der Waals surface area contributed by atoms with Crippen LogP contribution in [0.2, 0.25) is 0 Å². The number of rotatable bonds is 8. The molecule has 1 heterocycles. The van der Waals surface area contributed by atoms with Gasteiger partial charge in [0.2, 0.25) is 5.91 Å². The molecule has 0 radical (unpaired) electrons. The second-order valence-corrected chi connectivity index (χ2v) is 4.87. The van der Waals surface area contributed by atoms with E-state index in [-0.39, 0.29) is 18.5 Å². The van der Waals surface area contributed by atoms with E-state index >= 15 is 0 Å². The molecule has 1 rings (SSSR count). The Hall–Kier alpha value is -2.25. The van der Waals surface area contributed by atoms with E-state index in [2.05, 4.69) is 17.0 Å². The van der Waals surface area contributed by atoms with Crippen molar-refractivity contribution in [3.8, 4) is 0 Å². The van der Waals surface area contributed by atoms with Crippen molar-refractivity contribution >= 4 is 11.9 Å². The quantitative estimate of drug-likeness (QED) is 0.718. The standard InChI is InChI=1S/C14H19F2N3O3/c1-4-5-6-11(13(21)22)17-12(20)7-10-8(2)18-19(9(10)3)14(15)16/h4,11,14H,1,5-7H2,2-3H3,(H,17,20)(H,21,22). The highest BCUT2D eigenvalue weighted by Crippen LogP contribution is 2.19. The molecule has 0 fully saturated rings. The van der Waals surface area contributed by atoms with E-state index < -0.39 is 24.5 Å². The molecular formula is C14H19F2N3O3. The molecule has 0 saturated carbocycles. The Kier molecular flexibility index (Phi) is 6.21. The van der Waals surface area contributed by atoms with E-state index in [9.17, 15) is 18.4 Å². The number of allylic oxidation sites excluding steroid dienone is 1. The van der Waals surface area contributed by atoms with Crippen molar-refractivity contribution in [3.05, 3.63) is 29.6 Å². The van der Waals surface area contributed by atoms with E-state index in [1.807, 2.05) is 0 Å². The van der Waals surface area contributed by atoms with Gasteiger partial charge in [0.1, 0.15) is 6.04 Å². The summed E-state index contributed by atoms with van der Waals surface area (Å²) in [5.74, 6) is -1.69. The molecule has 0 aromatic carbocycles. The molecule has 2 N–H and O–H groups in total. The van der Waals surface area contributed by atoms with E-state index in [4.69, 9.17) is 5.11 Å². The summed E-state index contributed by atoms with van der Waals surface area (Å²) in [5, 5.41) is 15.1. The van der Waals surface area contributed by atoms with Gasteiger partial charge in [-0.25, -0.2) is 9.48 Å². The van der Waals surface area contributed by atoms with Crippen LogP contribution in [0.3, 0.4) is 0 Å². The fourth-order valence-corrected chi connectivity index (χ4v) is 2.09. The maximum Gasteiger partial charge on any atom is 0.333 e. The van der Waals surface area contributed by atoms with Crippen LogP contribution >= 0.6 is 0 Å². The van der Waals surface area contributed by atoms with E-state index in [0.717, 1.165) is 0 Å². The summed E-state index contributed by atoms with van der Waals surface area (Å²) >= 11 is 0. The van der Waals surface area contributed by atoms with Gasteiger partial charge >= 0.3 is 12.5 Å². The van der Waals surface area contributed by atoms with Gasteiger partial charge in [-0.3, -0.25) is 4.79 Å². The van der Waals surface area contributed by atoms with Crippen LogP contribution in [0.15, 0.2) is 12.7 Å². The molecule has 122 valence electrons. The lowest BCUT2D eigenvalue weighted by Crippen LogP contribution is -2.41. The third kappa shape index (κ3) is 4.37. The number of amides is 1. The Bertz CT molecular complexity index is 570. The number of carbonyl (C=O) groups is 2. The number of carboxylic acids is 1. The Balaban J connectivity index is 2.80. The average molecular weight is 315 g/mol. The first kappa shape index (κ1) is 17.8. The number of aryl methyl sites for hydroxylation is 1. The Morgan fingerprint density at radius 1 is 1.45 bits per heavy atom. The third-order valence-corrected chi connectivity index (χ3v) is 3.29. The number of hydrogen-bond acceptors (Lipinski definition) is 3. The third-order valence-electron chi connectivity index (χ3n) is 3.29. The second-order valence-electron chi connectivity index (χ2n) is 4.87. The molecule has 0 aliphatic rings. The van der Waals surface area contributed by atoms with Gasteiger partial charge in [0, 0.05) is 11.3 Å². The first-order valence-electron chi connectivity index (χ1n) is 6.73. The normalized spacial score (nSPS) is 12.2. The molecule has 0 spiro atoms. The zero-order chi connectivity index (χ0) is 16.9. The minimum absolute atomic E-state index is 0.192. The van der Waals surface area contributed by atoms with Crippen molar-refractivity contribution in [2.75, 3.05) is 0 Å². The number of alkyl halides is 2. The summed E-state index contributed by atoms with van der Waals surface area (Å²) in [5.41, 5.74) is 0.900. The lowest BCUT2D eigenvalue weighted by Gasteiger charge is -2.13. The Labute approximate surface area is 126 Å². The number of carbonyl (C=O) groups excluding carboxylic acids is 1. The molecule has 1 unspecified atom stereocenters. The van der Waals surface area contributed by atoms with E-state index in [0.29, 0.717) is 22.4 Å². The first-order valence-corrected chi connectivity index (χ1v) is 6.73. The summed E-state index contributed by atoms with van der Waals surface area (Å²) in [6.07, 6.45) is 2.03. The van der Waals surface area contributed by atoms with Crippen LogP contribution in [-0.4, -0.2) is 32.8 Å². The molecule has 6 nitrogen and oxygen atoms in total. The van der Waals surface area contributed by atoms with Crippen molar-refractivity contribution in [2.45, 2.75) is 45.7 Å². The second kappa shape index (κ2) is 7.67. The number of nitrogens with zero attached hydrogens (tertiary/aromatic N) is 2. The predicted molar refractivity (Wildman–Crippen MR) is 75.7 cm³/mol. The van der Waals surface area contributed by atoms with Crippen LogP contribution in [0.4, 0.5) is 8.78 Å². The van der Waals surface area contributed by atoms with Gasteiger partial charge in [-0.15, -0.1) is 6.58 Å². The van der Waals surface area contributed by atoms with Crippen LogP contribution in [-0.2, 0) is 16.0 Å². The summed E-state index contributed by atoms with van der Waals surface area (Å²) in [6.45, 7) is 3.69. The number of aromatic nitrogens is 2. The minimum atomic E-state index is -2.78. The molecule has 8 heteroatoms. The molecule has 0 saturated heterocycles. The number of carboxylic acid groups (broad SMARTS) is 1. The zero-order valence-electron chi connectivity index (χ0n) is 12.5. The van der Waals surface area contributed by atoms with E-state index in [1.54, 1.807) is 6.08 Å². The highest BCUT2D eigenvalue weighted by atomic mass is 19.3.